The first-order valence-electron chi connectivity index (χ1n) is 6.86. The molecule has 6 heteroatoms. The van der Waals surface area contributed by atoms with Gasteiger partial charge in [-0.1, -0.05) is 13.8 Å². The molecule has 0 aliphatic rings. The van der Waals surface area contributed by atoms with Gasteiger partial charge in [0.2, 0.25) is 10.0 Å². The van der Waals surface area contributed by atoms with Crippen LogP contribution in [-0.2, 0) is 10.0 Å². The van der Waals surface area contributed by atoms with Crippen LogP contribution in [0.2, 0.25) is 0 Å². The minimum Gasteiger partial charge on any atom is -0.399 e. The van der Waals surface area contributed by atoms with Crippen LogP contribution >= 0.6 is 0 Å². The molecule has 0 aromatic heterocycles. The summed E-state index contributed by atoms with van der Waals surface area (Å²) < 4.78 is 26.7. The number of nitrogen functional groups attached to an aromatic ring is 1. The van der Waals surface area contributed by atoms with Crippen LogP contribution in [0.3, 0.4) is 0 Å². The van der Waals surface area contributed by atoms with Gasteiger partial charge in [-0.25, -0.2) is 8.42 Å². The zero-order chi connectivity index (χ0) is 15.3. The van der Waals surface area contributed by atoms with E-state index in [0.29, 0.717) is 24.8 Å². The van der Waals surface area contributed by atoms with Gasteiger partial charge in [0.25, 0.3) is 0 Å². The van der Waals surface area contributed by atoms with Crippen molar-refractivity contribution < 1.29 is 8.42 Å². The highest BCUT2D eigenvalue weighted by atomic mass is 32.2. The molecular formula is C14H25N3O2S. The maximum absolute atomic E-state index is 12.6. The third-order valence-electron chi connectivity index (χ3n) is 2.95. The van der Waals surface area contributed by atoms with Crippen LogP contribution < -0.4 is 11.1 Å². The van der Waals surface area contributed by atoms with Gasteiger partial charge in [0, 0.05) is 30.9 Å². The van der Waals surface area contributed by atoms with E-state index < -0.39 is 10.0 Å². The number of nitrogens with two attached hydrogens (primary N) is 1. The lowest BCUT2D eigenvalue weighted by Crippen LogP contribution is -2.42. The fourth-order valence-electron chi connectivity index (χ4n) is 1.89. The summed E-state index contributed by atoms with van der Waals surface area (Å²) in [6.45, 7) is 8.91. The van der Waals surface area contributed by atoms with Gasteiger partial charge in [0.05, 0.1) is 4.90 Å². The van der Waals surface area contributed by atoms with Crippen molar-refractivity contribution >= 4 is 15.7 Å². The quantitative estimate of drug-likeness (QED) is 0.751. The molecule has 0 aliphatic carbocycles. The topological polar surface area (TPSA) is 75.4 Å². The number of sulfonamides is 1. The highest BCUT2D eigenvalue weighted by molar-refractivity contribution is 7.89. The molecule has 1 aromatic rings. The molecule has 0 saturated carbocycles. The minimum atomic E-state index is -3.48. The van der Waals surface area contributed by atoms with E-state index in [2.05, 4.69) is 5.32 Å². The van der Waals surface area contributed by atoms with E-state index in [9.17, 15) is 8.42 Å². The van der Waals surface area contributed by atoms with E-state index in [-0.39, 0.29) is 10.9 Å². The zero-order valence-electron chi connectivity index (χ0n) is 12.6. The van der Waals surface area contributed by atoms with Gasteiger partial charge in [0.1, 0.15) is 0 Å². The van der Waals surface area contributed by atoms with Crippen molar-refractivity contribution in [3.8, 4) is 0 Å². The molecule has 0 fully saturated rings. The van der Waals surface area contributed by atoms with Crippen LogP contribution in [0, 0.1) is 0 Å². The molecule has 0 unspecified atom stereocenters. The Labute approximate surface area is 122 Å². The molecule has 0 saturated heterocycles. The van der Waals surface area contributed by atoms with E-state index in [1.807, 2.05) is 27.7 Å². The third-order valence-corrected chi connectivity index (χ3v) is 5.04. The van der Waals surface area contributed by atoms with Gasteiger partial charge < -0.3 is 11.1 Å². The standard InChI is InChI=1S/C14H25N3O2S/c1-11(2)16-9-10-17(12(3)4)20(18,19)14-7-5-13(15)6-8-14/h5-8,11-12,16H,9-10,15H2,1-4H3. The molecule has 0 radical (unpaired) electrons. The summed E-state index contributed by atoms with van der Waals surface area (Å²) >= 11 is 0. The normalized spacial score (nSPS) is 12.6. The first-order chi connectivity index (χ1) is 9.25. The van der Waals surface area contributed by atoms with E-state index in [4.69, 9.17) is 5.73 Å². The molecule has 0 amide bonds. The fraction of sp³-hybridized carbons (Fsp3) is 0.571. The Balaban J connectivity index is 2.91. The summed E-state index contributed by atoms with van der Waals surface area (Å²) in [4.78, 5) is 0.282. The minimum absolute atomic E-state index is 0.0912. The van der Waals surface area contributed by atoms with Gasteiger partial charge in [0.15, 0.2) is 0 Å². The average Bonchev–Trinajstić information content (AvgIpc) is 2.34. The molecule has 1 aromatic carbocycles. The van der Waals surface area contributed by atoms with Crippen molar-refractivity contribution in [2.24, 2.45) is 0 Å². The third kappa shape index (κ3) is 4.47. The Morgan fingerprint density at radius 2 is 1.70 bits per heavy atom. The zero-order valence-corrected chi connectivity index (χ0v) is 13.4. The summed E-state index contributed by atoms with van der Waals surface area (Å²) in [6, 6.07) is 6.57. The molecule has 0 spiro atoms. The highest BCUT2D eigenvalue weighted by Gasteiger charge is 2.26. The van der Waals surface area contributed by atoms with Crippen LogP contribution in [0.4, 0.5) is 5.69 Å². The summed E-state index contributed by atoms with van der Waals surface area (Å²) in [5.74, 6) is 0. The number of hydrogen-bond donors (Lipinski definition) is 2. The molecule has 114 valence electrons. The van der Waals surface area contributed by atoms with Gasteiger partial charge in [-0.3, -0.25) is 0 Å². The molecule has 0 atom stereocenters. The van der Waals surface area contributed by atoms with Crippen LogP contribution in [-0.4, -0.2) is 37.9 Å². The Hall–Kier alpha value is -1.11. The summed E-state index contributed by atoms with van der Waals surface area (Å²) in [5.41, 5.74) is 6.16. The molecule has 0 heterocycles. The number of hydrogen-bond acceptors (Lipinski definition) is 4. The number of benzene rings is 1. The predicted molar refractivity (Wildman–Crippen MR) is 83.0 cm³/mol. The summed E-state index contributed by atoms with van der Waals surface area (Å²) in [5, 5.41) is 3.24. The SMILES string of the molecule is CC(C)NCCN(C(C)C)S(=O)(=O)c1ccc(N)cc1. The molecule has 3 N–H and O–H groups in total. The largest absolute Gasteiger partial charge is 0.399 e. The Kier molecular flexibility index (Phi) is 5.98. The van der Waals surface area contributed by atoms with Gasteiger partial charge in [-0.2, -0.15) is 4.31 Å². The van der Waals surface area contributed by atoms with Crippen molar-refractivity contribution in [3.05, 3.63) is 24.3 Å². The maximum Gasteiger partial charge on any atom is 0.243 e. The summed E-state index contributed by atoms with van der Waals surface area (Å²) in [6.07, 6.45) is 0. The smallest absolute Gasteiger partial charge is 0.243 e. The lowest BCUT2D eigenvalue weighted by molar-refractivity contribution is 0.346. The Morgan fingerprint density at radius 3 is 2.15 bits per heavy atom. The Bertz CT molecular complexity index is 510. The lowest BCUT2D eigenvalue weighted by Gasteiger charge is -2.26. The van der Waals surface area contributed by atoms with Gasteiger partial charge in [-0.05, 0) is 38.1 Å². The summed E-state index contributed by atoms with van der Waals surface area (Å²) in [7, 11) is -3.48. The van der Waals surface area contributed by atoms with Crippen molar-refractivity contribution in [3.63, 3.8) is 0 Å². The molecule has 0 aliphatic heterocycles. The van der Waals surface area contributed by atoms with Crippen molar-refractivity contribution in [2.75, 3.05) is 18.8 Å². The molecule has 0 bridgehead atoms. The molecule has 5 nitrogen and oxygen atoms in total. The molecular weight excluding hydrogens is 274 g/mol. The first kappa shape index (κ1) is 16.9. The van der Waals surface area contributed by atoms with Crippen molar-refractivity contribution in [1.29, 1.82) is 0 Å². The number of rotatable bonds is 7. The first-order valence-corrected chi connectivity index (χ1v) is 8.30. The maximum atomic E-state index is 12.6. The second kappa shape index (κ2) is 7.06. The molecule has 1 rings (SSSR count). The second-order valence-electron chi connectivity index (χ2n) is 5.39. The average molecular weight is 299 g/mol. The highest BCUT2D eigenvalue weighted by Crippen LogP contribution is 2.19. The monoisotopic (exact) mass is 299 g/mol. The van der Waals surface area contributed by atoms with Crippen LogP contribution in [0.5, 0.6) is 0 Å². The van der Waals surface area contributed by atoms with E-state index in [1.165, 1.54) is 4.31 Å². The van der Waals surface area contributed by atoms with E-state index in [1.54, 1.807) is 24.3 Å². The number of anilines is 1. The second-order valence-corrected chi connectivity index (χ2v) is 7.28. The van der Waals surface area contributed by atoms with Crippen molar-refractivity contribution in [2.45, 2.75) is 44.7 Å². The fourth-order valence-corrected chi connectivity index (χ4v) is 3.53. The predicted octanol–water partition coefficient (Wildman–Crippen LogP) is 1.67. The van der Waals surface area contributed by atoms with Crippen LogP contribution in [0.25, 0.3) is 0 Å². The van der Waals surface area contributed by atoms with Crippen LogP contribution in [0.1, 0.15) is 27.7 Å². The molecule has 20 heavy (non-hydrogen) atoms. The van der Waals surface area contributed by atoms with Crippen LogP contribution in [0.15, 0.2) is 29.2 Å². The Morgan fingerprint density at radius 1 is 1.15 bits per heavy atom. The number of nitrogens with zero attached hydrogens (tertiary/aromatic N) is 1. The van der Waals surface area contributed by atoms with E-state index >= 15 is 0 Å². The lowest BCUT2D eigenvalue weighted by atomic mass is 10.3. The van der Waals surface area contributed by atoms with Gasteiger partial charge in [-0.15, -0.1) is 0 Å². The number of nitrogens with one attached hydrogen (secondary N) is 1. The van der Waals surface area contributed by atoms with E-state index in [0.717, 1.165) is 0 Å². The van der Waals surface area contributed by atoms with Gasteiger partial charge >= 0.3 is 0 Å². The van der Waals surface area contributed by atoms with Crippen molar-refractivity contribution in [1.82, 2.24) is 9.62 Å².